The first-order chi connectivity index (χ1) is 14.1. The van der Waals surface area contributed by atoms with E-state index in [1.165, 1.54) is 11.8 Å². The number of rotatable bonds is 11. The van der Waals surface area contributed by atoms with E-state index in [1.807, 2.05) is 54.5 Å². The van der Waals surface area contributed by atoms with Crippen LogP contribution in [0.2, 0.25) is 0 Å². The molecule has 1 aliphatic carbocycles. The van der Waals surface area contributed by atoms with E-state index in [0.29, 0.717) is 24.9 Å². The number of aryl methyl sites for hydroxylation is 1. The molecule has 2 aromatic rings. The SMILES string of the molecule is CCCCN(CC(=O)N(Cc1cccn1C)C1CC1)C(=O)CSc1ccccc1. The highest BCUT2D eigenvalue weighted by Gasteiger charge is 2.34. The van der Waals surface area contributed by atoms with Crippen molar-refractivity contribution in [2.24, 2.45) is 7.05 Å². The molecule has 0 atom stereocenters. The maximum atomic E-state index is 13.1. The van der Waals surface area contributed by atoms with Gasteiger partial charge in [-0.1, -0.05) is 31.5 Å². The topological polar surface area (TPSA) is 45.6 Å². The van der Waals surface area contributed by atoms with Gasteiger partial charge in [-0.25, -0.2) is 0 Å². The minimum absolute atomic E-state index is 0.0373. The first kappa shape index (κ1) is 21.5. The minimum Gasteiger partial charge on any atom is -0.353 e. The normalized spacial score (nSPS) is 13.3. The zero-order valence-electron chi connectivity index (χ0n) is 17.4. The van der Waals surface area contributed by atoms with Crippen LogP contribution in [0.4, 0.5) is 0 Å². The molecule has 29 heavy (non-hydrogen) atoms. The van der Waals surface area contributed by atoms with Crippen LogP contribution in [0, 0.1) is 0 Å². The maximum Gasteiger partial charge on any atom is 0.242 e. The average molecular weight is 414 g/mol. The summed E-state index contributed by atoms with van der Waals surface area (Å²) in [7, 11) is 2.00. The molecule has 1 heterocycles. The molecule has 0 aliphatic heterocycles. The van der Waals surface area contributed by atoms with Crippen molar-refractivity contribution in [3.63, 3.8) is 0 Å². The van der Waals surface area contributed by atoms with Crippen LogP contribution in [0.1, 0.15) is 38.3 Å². The van der Waals surface area contributed by atoms with Gasteiger partial charge < -0.3 is 14.4 Å². The fourth-order valence-electron chi connectivity index (χ4n) is 3.29. The van der Waals surface area contributed by atoms with Crippen LogP contribution >= 0.6 is 11.8 Å². The highest BCUT2D eigenvalue weighted by molar-refractivity contribution is 8.00. The molecule has 5 nitrogen and oxygen atoms in total. The first-order valence-corrected chi connectivity index (χ1v) is 11.4. The molecule has 1 aromatic carbocycles. The van der Waals surface area contributed by atoms with Gasteiger partial charge in [0.15, 0.2) is 0 Å². The summed E-state index contributed by atoms with van der Waals surface area (Å²) in [4.78, 5) is 30.8. The number of benzene rings is 1. The second kappa shape index (κ2) is 10.5. The molecule has 0 spiro atoms. The number of thioether (sulfide) groups is 1. The monoisotopic (exact) mass is 413 g/mol. The van der Waals surface area contributed by atoms with Crippen molar-refractivity contribution in [2.75, 3.05) is 18.8 Å². The van der Waals surface area contributed by atoms with Crippen LogP contribution in [0.15, 0.2) is 53.6 Å². The lowest BCUT2D eigenvalue weighted by Gasteiger charge is -2.28. The summed E-state index contributed by atoms with van der Waals surface area (Å²) in [6.07, 6.45) is 6.03. The number of nitrogens with zero attached hydrogens (tertiary/aromatic N) is 3. The summed E-state index contributed by atoms with van der Waals surface area (Å²) >= 11 is 1.53. The zero-order chi connectivity index (χ0) is 20.6. The van der Waals surface area contributed by atoms with Crippen molar-refractivity contribution in [3.05, 3.63) is 54.4 Å². The average Bonchev–Trinajstić information content (AvgIpc) is 3.49. The predicted molar refractivity (Wildman–Crippen MR) is 118 cm³/mol. The molecule has 6 heteroatoms. The van der Waals surface area contributed by atoms with Gasteiger partial charge in [-0.05, 0) is 43.5 Å². The van der Waals surface area contributed by atoms with Gasteiger partial charge in [0.05, 0.1) is 18.8 Å². The molecule has 0 radical (unpaired) electrons. The maximum absolute atomic E-state index is 13.1. The standard InChI is InChI=1S/C23H31N3O2S/c1-3-4-15-25(23(28)18-29-21-10-6-5-7-11-21)17-22(27)26(19-12-13-19)16-20-9-8-14-24(20)2/h5-11,14,19H,3-4,12-13,15-18H2,1-2H3. The molecular weight excluding hydrogens is 382 g/mol. The lowest BCUT2D eigenvalue weighted by molar-refractivity contribution is -0.140. The van der Waals surface area contributed by atoms with Crippen LogP contribution in [-0.2, 0) is 23.2 Å². The Bertz CT molecular complexity index is 801. The van der Waals surface area contributed by atoms with Gasteiger partial charge in [0.25, 0.3) is 0 Å². The summed E-state index contributed by atoms with van der Waals surface area (Å²) < 4.78 is 2.05. The summed E-state index contributed by atoms with van der Waals surface area (Å²) in [6.45, 7) is 3.53. The van der Waals surface area contributed by atoms with Crippen molar-refractivity contribution in [2.45, 2.75) is 50.1 Å². The highest BCUT2D eigenvalue weighted by atomic mass is 32.2. The number of unbranched alkanes of at least 4 members (excludes halogenated alkanes) is 1. The van der Waals surface area contributed by atoms with Crippen LogP contribution in [0.25, 0.3) is 0 Å². The third kappa shape index (κ3) is 6.39. The van der Waals surface area contributed by atoms with E-state index >= 15 is 0 Å². The summed E-state index contributed by atoms with van der Waals surface area (Å²) in [5.74, 6) is 0.459. The minimum atomic E-state index is 0.0373. The highest BCUT2D eigenvalue weighted by Crippen LogP contribution is 2.28. The Labute approximate surface area is 178 Å². The Hall–Kier alpha value is -2.21. The molecule has 1 aromatic heterocycles. The van der Waals surface area contributed by atoms with E-state index in [-0.39, 0.29) is 18.4 Å². The summed E-state index contributed by atoms with van der Waals surface area (Å²) in [6, 6.07) is 14.3. The fourth-order valence-corrected chi connectivity index (χ4v) is 4.11. The fraction of sp³-hybridized carbons (Fsp3) is 0.478. The Balaban J connectivity index is 1.61. The van der Waals surface area contributed by atoms with E-state index in [9.17, 15) is 9.59 Å². The van der Waals surface area contributed by atoms with Gasteiger partial charge in [-0.2, -0.15) is 0 Å². The van der Waals surface area contributed by atoms with E-state index in [4.69, 9.17) is 0 Å². The Kier molecular flexibility index (Phi) is 7.81. The van der Waals surface area contributed by atoms with Crippen molar-refractivity contribution in [1.29, 1.82) is 0 Å². The van der Waals surface area contributed by atoms with E-state index in [2.05, 4.69) is 17.6 Å². The molecule has 3 rings (SSSR count). The van der Waals surface area contributed by atoms with Gasteiger partial charge in [0.2, 0.25) is 11.8 Å². The zero-order valence-corrected chi connectivity index (χ0v) is 18.2. The number of hydrogen-bond acceptors (Lipinski definition) is 3. The molecule has 0 saturated heterocycles. The molecular formula is C23H31N3O2S. The number of carbonyl (C=O) groups is 2. The van der Waals surface area contributed by atoms with Crippen LogP contribution in [-0.4, -0.2) is 51.1 Å². The van der Waals surface area contributed by atoms with E-state index in [0.717, 1.165) is 36.3 Å². The second-order valence-corrected chi connectivity index (χ2v) is 8.68. The van der Waals surface area contributed by atoms with E-state index in [1.54, 1.807) is 4.90 Å². The molecule has 0 N–H and O–H groups in total. The van der Waals surface area contributed by atoms with Crippen LogP contribution in [0.3, 0.4) is 0 Å². The number of aromatic nitrogens is 1. The third-order valence-electron chi connectivity index (χ3n) is 5.26. The molecule has 0 bridgehead atoms. The van der Waals surface area contributed by atoms with Crippen molar-refractivity contribution >= 4 is 23.6 Å². The number of carbonyl (C=O) groups excluding carboxylic acids is 2. The quantitative estimate of drug-likeness (QED) is 0.524. The van der Waals surface area contributed by atoms with Crippen LogP contribution in [0.5, 0.6) is 0 Å². The third-order valence-corrected chi connectivity index (χ3v) is 6.25. The van der Waals surface area contributed by atoms with Gasteiger partial charge in [0.1, 0.15) is 0 Å². The number of hydrogen-bond donors (Lipinski definition) is 0. The summed E-state index contributed by atoms with van der Waals surface area (Å²) in [5, 5.41) is 0. The Morgan fingerprint density at radius 1 is 1.10 bits per heavy atom. The summed E-state index contributed by atoms with van der Waals surface area (Å²) in [5.41, 5.74) is 1.12. The number of amides is 2. The van der Waals surface area contributed by atoms with Crippen molar-refractivity contribution in [1.82, 2.24) is 14.4 Å². The van der Waals surface area contributed by atoms with Gasteiger partial charge in [-0.15, -0.1) is 11.8 Å². The van der Waals surface area contributed by atoms with Gasteiger partial charge >= 0.3 is 0 Å². The predicted octanol–water partition coefficient (Wildman–Crippen LogP) is 3.94. The van der Waals surface area contributed by atoms with Gasteiger partial charge in [-0.3, -0.25) is 9.59 Å². The smallest absolute Gasteiger partial charge is 0.242 e. The first-order valence-electron chi connectivity index (χ1n) is 10.4. The Morgan fingerprint density at radius 3 is 2.48 bits per heavy atom. The van der Waals surface area contributed by atoms with Gasteiger partial charge in [0, 0.05) is 36.4 Å². The van der Waals surface area contributed by atoms with Crippen LogP contribution < -0.4 is 0 Å². The van der Waals surface area contributed by atoms with Crippen molar-refractivity contribution in [3.8, 4) is 0 Å². The second-order valence-electron chi connectivity index (χ2n) is 7.63. The molecule has 1 aliphatic rings. The lowest BCUT2D eigenvalue weighted by Crippen LogP contribution is -2.44. The molecule has 1 saturated carbocycles. The lowest BCUT2D eigenvalue weighted by atomic mass is 10.3. The molecule has 0 unspecified atom stereocenters. The largest absolute Gasteiger partial charge is 0.353 e. The van der Waals surface area contributed by atoms with Crippen molar-refractivity contribution < 1.29 is 9.59 Å². The molecule has 2 amide bonds. The van der Waals surface area contributed by atoms with E-state index < -0.39 is 0 Å². The molecule has 1 fully saturated rings. The Morgan fingerprint density at radius 2 is 1.86 bits per heavy atom. The molecule has 156 valence electrons.